The maximum absolute atomic E-state index is 11.3. The third-order valence-electron chi connectivity index (χ3n) is 6.39. The summed E-state index contributed by atoms with van der Waals surface area (Å²) in [6.07, 6.45) is 3.18. The van der Waals surface area contributed by atoms with Gasteiger partial charge in [-0.1, -0.05) is 24.3 Å². The van der Waals surface area contributed by atoms with E-state index in [1.54, 1.807) is 27.0 Å². The molecular weight excluding hydrogens is 488 g/mol. The number of ether oxygens (including phenoxy) is 3. The smallest absolute Gasteiger partial charge is 0.410 e. The van der Waals surface area contributed by atoms with Crippen LogP contribution >= 0.6 is 0 Å². The third kappa shape index (κ3) is 8.59. The van der Waals surface area contributed by atoms with Crippen LogP contribution < -0.4 is 15.2 Å². The topological polar surface area (TPSA) is 127 Å². The van der Waals surface area contributed by atoms with Crippen LogP contribution in [0.1, 0.15) is 57.8 Å². The number of likely N-dealkylation sites (N-methyl/N-ethyl adjacent to an activating group) is 1. The van der Waals surface area contributed by atoms with E-state index in [1.807, 2.05) is 12.1 Å². The van der Waals surface area contributed by atoms with Gasteiger partial charge >= 0.3 is 12.1 Å². The number of fused-ring (bicyclic) bond motifs is 1. The van der Waals surface area contributed by atoms with Crippen LogP contribution in [0.2, 0.25) is 0 Å². The molecule has 1 fully saturated rings. The van der Waals surface area contributed by atoms with E-state index < -0.39 is 23.7 Å². The number of piperidine rings is 1. The Morgan fingerprint density at radius 2 is 1.87 bits per heavy atom. The molecular formula is C28H40N4O6. The first-order chi connectivity index (χ1) is 17.9. The number of pyridine rings is 1. The van der Waals surface area contributed by atoms with Crippen LogP contribution in [0.3, 0.4) is 0 Å². The summed E-state index contributed by atoms with van der Waals surface area (Å²) in [7, 11) is 1.40. The molecule has 2 aliphatic heterocycles. The second-order valence-electron chi connectivity index (χ2n) is 10.7. The first-order valence-corrected chi connectivity index (χ1v) is 12.9. The zero-order valence-corrected chi connectivity index (χ0v) is 22.9. The number of hydrogen-bond donors (Lipinski definition) is 2. The number of nitrogens with zero attached hydrogens (tertiary/aromatic N) is 3. The van der Waals surface area contributed by atoms with Crippen LogP contribution in [0.15, 0.2) is 42.6 Å². The molecule has 1 aromatic carbocycles. The SMILES string of the molecule is C[C@H](C(=O)O)N(C)C(=O)OC(C)(C)C.NC1CCN(Cc2ccc(C3COc4cccnc4O3)cc2)CC1. The maximum atomic E-state index is 11.3. The number of nitrogens with two attached hydrogens (primary N) is 1. The fourth-order valence-electron chi connectivity index (χ4n) is 3.94. The number of hydrogen-bond acceptors (Lipinski definition) is 8. The Balaban J connectivity index is 0.000000247. The lowest BCUT2D eigenvalue weighted by Gasteiger charge is -2.30. The van der Waals surface area contributed by atoms with Gasteiger partial charge in [0.2, 0.25) is 0 Å². The van der Waals surface area contributed by atoms with Crippen LogP contribution in [0, 0.1) is 0 Å². The second kappa shape index (κ2) is 12.9. The largest absolute Gasteiger partial charge is 0.484 e. The van der Waals surface area contributed by atoms with Crippen LogP contribution in [0.25, 0.3) is 0 Å². The molecule has 1 amide bonds. The zero-order valence-electron chi connectivity index (χ0n) is 22.9. The number of amides is 1. The van der Waals surface area contributed by atoms with Gasteiger partial charge in [0.15, 0.2) is 11.9 Å². The molecule has 10 heteroatoms. The zero-order chi connectivity index (χ0) is 27.9. The maximum Gasteiger partial charge on any atom is 0.410 e. The highest BCUT2D eigenvalue weighted by molar-refractivity contribution is 5.79. The summed E-state index contributed by atoms with van der Waals surface area (Å²) < 4.78 is 16.7. The molecule has 3 N–H and O–H groups in total. The lowest BCUT2D eigenvalue weighted by molar-refractivity contribution is -0.141. The van der Waals surface area contributed by atoms with Gasteiger partial charge < -0.3 is 25.1 Å². The van der Waals surface area contributed by atoms with Crippen molar-refractivity contribution in [1.82, 2.24) is 14.8 Å². The van der Waals surface area contributed by atoms with Gasteiger partial charge in [-0.15, -0.1) is 0 Å². The number of rotatable bonds is 5. The van der Waals surface area contributed by atoms with Gasteiger partial charge in [-0.25, -0.2) is 14.6 Å². The van der Waals surface area contributed by atoms with E-state index in [1.165, 1.54) is 19.5 Å². The predicted molar refractivity (Wildman–Crippen MR) is 143 cm³/mol. The van der Waals surface area contributed by atoms with Crippen molar-refractivity contribution in [3.8, 4) is 11.6 Å². The van der Waals surface area contributed by atoms with Gasteiger partial charge in [0.1, 0.15) is 18.2 Å². The Labute approximate surface area is 224 Å². The second-order valence-corrected chi connectivity index (χ2v) is 10.7. The van der Waals surface area contributed by atoms with Crippen molar-refractivity contribution in [1.29, 1.82) is 0 Å². The van der Waals surface area contributed by atoms with Crippen molar-refractivity contribution in [2.24, 2.45) is 5.73 Å². The molecule has 1 saturated heterocycles. The van der Waals surface area contributed by atoms with Crippen molar-refractivity contribution < 1.29 is 28.9 Å². The predicted octanol–water partition coefficient (Wildman–Crippen LogP) is 3.84. The highest BCUT2D eigenvalue weighted by Crippen LogP contribution is 2.34. The molecule has 38 heavy (non-hydrogen) atoms. The van der Waals surface area contributed by atoms with Gasteiger partial charge in [0.25, 0.3) is 5.88 Å². The van der Waals surface area contributed by atoms with Crippen molar-refractivity contribution in [2.45, 2.75) is 70.9 Å². The van der Waals surface area contributed by atoms with E-state index >= 15 is 0 Å². The number of carboxylic acid groups (broad SMARTS) is 1. The molecule has 2 atom stereocenters. The Morgan fingerprint density at radius 1 is 1.21 bits per heavy atom. The summed E-state index contributed by atoms with van der Waals surface area (Å²) in [5.74, 6) is 0.231. The monoisotopic (exact) mass is 528 g/mol. The molecule has 208 valence electrons. The molecule has 10 nitrogen and oxygen atoms in total. The summed E-state index contributed by atoms with van der Waals surface area (Å²) in [4.78, 5) is 29.7. The minimum Gasteiger partial charge on any atom is -0.484 e. The summed E-state index contributed by atoms with van der Waals surface area (Å²) >= 11 is 0. The quantitative estimate of drug-likeness (QED) is 0.595. The Hall–Kier alpha value is -3.37. The number of carboxylic acids is 1. The minimum atomic E-state index is -1.06. The van der Waals surface area contributed by atoms with Crippen LogP contribution in [0.4, 0.5) is 4.79 Å². The number of benzene rings is 1. The number of aliphatic carboxylic acids is 1. The lowest BCUT2D eigenvalue weighted by atomic mass is 10.0. The van der Waals surface area contributed by atoms with Gasteiger partial charge in [-0.3, -0.25) is 9.80 Å². The van der Waals surface area contributed by atoms with Crippen LogP contribution in [0.5, 0.6) is 11.6 Å². The van der Waals surface area contributed by atoms with E-state index in [4.69, 9.17) is 25.1 Å². The molecule has 0 bridgehead atoms. The molecule has 0 aliphatic carbocycles. The van der Waals surface area contributed by atoms with Crippen molar-refractivity contribution in [3.63, 3.8) is 0 Å². The number of carbonyl (C=O) groups excluding carboxylic acids is 1. The Morgan fingerprint density at radius 3 is 2.47 bits per heavy atom. The number of likely N-dealkylation sites (tertiary alicyclic amines) is 1. The van der Waals surface area contributed by atoms with Gasteiger partial charge in [-0.2, -0.15) is 0 Å². The lowest BCUT2D eigenvalue weighted by Crippen LogP contribution is -2.43. The molecule has 2 aromatic rings. The normalized spacial score (nSPS) is 18.5. The van der Waals surface area contributed by atoms with Crippen molar-refractivity contribution in [3.05, 3.63) is 53.7 Å². The van der Waals surface area contributed by atoms with Gasteiger partial charge in [0, 0.05) is 25.8 Å². The first-order valence-electron chi connectivity index (χ1n) is 12.9. The molecule has 0 radical (unpaired) electrons. The standard InChI is InChI=1S/C19H23N3O2.C9H17NO4/c20-16-7-10-22(11-8-16)12-14-3-5-15(6-4-14)18-13-23-17-2-1-9-21-19(17)24-18;1-6(7(11)12)10(5)8(13)14-9(2,3)4/h1-6,9,16,18H,7-8,10-13,20H2;6H,1-5H3,(H,11,12)/t;6-/m.1/s1. The molecule has 1 aromatic heterocycles. The van der Waals surface area contributed by atoms with Crippen LogP contribution in [-0.2, 0) is 16.1 Å². The van der Waals surface area contributed by atoms with Crippen LogP contribution in [-0.4, -0.2) is 76.4 Å². The van der Waals surface area contributed by atoms with Crippen molar-refractivity contribution >= 4 is 12.1 Å². The average Bonchev–Trinajstić information content (AvgIpc) is 2.88. The number of carbonyl (C=O) groups is 2. The summed E-state index contributed by atoms with van der Waals surface area (Å²) in [6, 6.07) is 11.9. The molecule has 4 rings (SSSR count). The van der Waals surface area contributed by atoms with E-state index in [2.05, 4.69) is 34.1 Å². The first kappa shape index (κ1) is 29.2. The molecule has 3 heterocycles. The summed E-state index contributed by atoms with van der Waals surface area (Å²) in [6.45, 7) is 10.3. The fourth-order valence-corrected chi connectivity index (χ4v) is 3.94. The number of aromatic nitrogens is 1. The summed E-state index contributed by atoms with van der Waals surface area (Å²) in [5.41, 5.74) is 7.81. The van der Waals surface area contributed by atoms with E-state index in [-0.39, 0.29) is 6.10 Å². The van der Waals surface area contributed by atoms with E-state index in [0.29, 0.717) is 24.3 Å². The molecule has 1 unspecified atom stereocenters. The van der Waals surface area contributed by atoms with Crippen molar-refractivity contribution in [2.75, 3.05) is 26.7 Å². The highest BCUT2D eigenvalue weighted by atomic mass is 16.6. The summed E-state index contributed by atoms with van der Waals surface area (Å²) in [5, 5.41) is 8.65. The molecule has 0 spiro atoms. The van der Waals surface area contributed by atoms with E-state index in [0.717, 1.165) is 42.9 Å². The van der Waals surface area contributed by atoms with E-state index in [9.17, 15) is 9.59 Å². The third-order valence-corrected chi connectivity index (χ3v) is 6.39. The Bertz CT molecular complexity index is 1060. The average molecular weight is 529 g/mol. The minimum absolute atomic E-state index is 0.102. The Kier molecular flexibility index (Phi) is 9.93. The highest BCUT2D eigenvalue weighted by Gasteiger charge is 2.26. The van der Waals surface area contributed by atoms with Gasteiger partial charge in [-0.05, 0) is 76.9 Å². The molecule has 0 saturated carbocycles. The fraction of sp³-hybridized carbons (Fsp3) is 0.536. The molecule has 2 aliphatic rings. The van der Waals surface area contributed by atoms with Gasteiger partial charge in [0.05, 0.1) is 0 Å².